The second kappa shape index (κ2) is 6.61. The van der Waals surface area contributed by atoms with Gasteiger partial charge in [-0.05, 0) is 18.6 Å². The van der Waals surface area contributed by atoms with Gasteiger partial charge in [0.25, 0.3) is 0 Å². The fourth-order valence-electron chi connectivity index (χ4n) is 1.72. The molecule has 0 aliphatic carbocycles. The van der Waals surface area contributed by atoms with Gasteiger partial charge in [-0.2, -0.15) is 5.10 Å². The van der Waals surface area contributed by atoms with Crippen LogP contribution < -0.4 is 5.73 Å². The Hall–Kier alpha value is -1.26. The van der Waals surface area contributed by atoms with Crippen molar-refractivity contribution >= 4 is 11.8 Å². The van der Waals surface area contributed by atoms with Gasteiger partial charge in [0.2, 0.25) is 0 Å². The van der Waals surface area contributed by atoms with E-state index in [1.807, 2.05) is 29.1 Å². The summed E-state index contributed by atoms with van der Waals surface area (Å²) in [5.74, 6) is 0.877. The quantitative estimate of drug-likeness (QED) is 0.813. The minimum absolute atomic E-state index is 0.0424. The molecule has 0 amide bonds. The fraction of sp³-hybridized carbons (Fsp3) is 0.357. The molecule has 2 N–H and O–H groups in total. The van der Waals surface area contributed by atoms with Gasteiger partial charge in [-0.1, -0.05) is 25.1 Å². The van der Waals surface area contributed by atoms with Crippen LogP contribution in [0.25, 0.3) is 0 Å². The summed E-state index contributed by atoms with van der Waals surface area (Å²) in [5, 5.41) is 4.31. The van der Waals surface area contributed by atoms with E-state index < -0.39 is 0 Å². The molecular formula is C14H19N3S. The van der Waals surface area contributed by atoms with Crippen molar-refractivity contribution in [2.24, 2.45) is 5.73 Å². The average molecular weight is 261 g/mol. The molecule has 18 heavy (non-hydrogen) atoms. The highest BCUT2D eigenvalue weighted by molar-refractivity contribution is 7.99. The van der Waals surface area contributed by atoms with Crippen molar-refractivity contribution in [3.8, 4) is 0 Å². The molecule has 0 saturated carbocycles. The summed E-state index contributed by atoms with van der Waals surface area (Å²) in [7, 11) is 0. The van der Waals surface area contributed by atoms with Gasteiger partial charge in [0.1, 0.15) is 0 Å². The minimum Gasteiger partial charge on any atom is -0.323 e. The van der Waals surface area contributed by atoms with E-state index in [0.29, 0.717) is 0 Å². The number of aryl methyl sites for hydroxylation is 1. The van der Waals surface area contributed by atoms with Gasteiger partial charge in [-0.25, -0.2) is 0 Å². The molecule has 1 aromatic carbocycles. The number of nitrogens with two attached hydrogens (primary N) is 1. The Morgan fingerprint density at radius 3 is 2.83 bits per heavy atom. The summed E-state index contributed by atoms with van der Waals surface area (Å²) < 4.78 is 1.96. The third kappa shape index (κ3) is 3.62. The van der Waals surface area contributed by atoms with E-state index in [0.717, 1.165) is 24.3 Å². The molecule has 1 heterocycles. The normalized spacial score (nSPS) is 12.6. The molecule has 2 aromatic rings. The van der Waals surface area contributed by atoms with E-state index >= 15 is 0 Å². The van der Waals surface area contributed by atoms with Gasteiger partial charge < -0.3 is 5.73 Å². The first kappa shape index (κ1) is 13.2. The number of thioether (sulfide) groups is 1. The van der Waals surface area contributed by atoms with Gasteiger partial charge >= 0.3 is 0 Å². The summed E-state index contributed by atoms with van der Waals surface area (Å²) >= 11 is 1.78. The predicted octanol–water partition coefficient (Wildman–Crippen LogP) is 3.09. The molecule has 0 aliphatic heterocycles. The molecule has 1 aromatic heterocycles. The van der Waals surface area contributed by atoms with Crippen LogP contribution in [0.5, 0.6) is 0 Å². The van der Waals surface area contributed by atoms with Gasteiger partial charge in [-0.3, -0.25) is 4.68 Å². The highest BCUT2D eigenvalue weighted by Crippen LogP contribution is 2.22. The van der Waals surface area contributed by atoms with Crippen LogP contribution in [-0.4, -0.2) is 15.5 Å². The lowest BCUT2D eigenvalue weighted by Gasteiger charge is -2.08. The maximum absolute atomic E-state index is 6.18. The number of nitrogens with zero attached hydrogens (tertiary/aromatic N) is 2. The Bertz CT molecular complexity index is 467. The molecular weight excluding hydrogens is 242 g/mol. The SMILES string of the molecule is CCCn1cc(C(N)CSc2ccccc2)cn1. The van der Waals surface area contributed by atoms with Crippen molar-refractivity contribution in [1.29, 1.82) is 0 Å². The molecule has 0 spiro atoms. The van der Waals surface area contributed by atoms with Gasteiger partial charge in [0.15, 0.2) is 0 Å². The lowest BCUT2D eigenvalue weighted by atomic mass is 10.2. The Morgan fingerprint density at radius 1 is 1.33 bits per heavy atom. The first-order chi connectivity index (χ1) is 8.79. The van der Waals surface area contributed by atoms with Crippen molar-refractivity contribution in [3.05, 3.63) is 48.3 Å². The standard InChI is InChI=1S/C14H19N3S/c1-2-8-17-10-12(9-16-17)14(15)11-18-13-6-4-3-5-7-13/h3-7,9-10,14H,2,8,11,15H2,1H3. The Morgan fingerprint density at radius 2 is 2.11 bits per heavy atom. The number of hydrogen-bond acceptors (Lipinski definition) is 3. The maximum atomic E-state index is 6.18. The molecule has 0 radical (unpaired) electrons. The summed E-state index contributed by atoms with van der Waals surface area (Å²) in [6, 6.07) is 10.4. The molecule has 3 nitrogen and oxygen atoms in total. The third-order valence-corrected chi connectivity index (χ3v) is 3.84. The first-order valence-corrected chi connectivity index (χ1v) is 7.24. The van der Waals surface area contributed by atoms with Crippen molar-refractivity contribution in [2.45, 2.75) is 30.8 Å². The largest absolute Gasteiger partial charge is 0.323 e. The molecule has 0 saturated heterocycles. The second-order valence-electron chi connectivity index (χ2n) is 4.27. The Kier molecular flexibility index (Phi) is 4.84. The monoisotopic (exact) mass is 261 g/mol. The first-order valence-electron chi connectivity index (χ1n) is 6.25. The van der Waals surface area contributed by atoms with Crippen LogP contribution in [0.4, 0.5) is 0 Å². The molecule has 0 bridgehead atoms. The molecule has 0 fully saturated rings. The van der Waals surface area contributed by atoms with Crippen LogP contribution >= 0.6 is 11.8 Å². The van der Waals surface area contributed by atoms with Crippen LogP contribution in [0.15, 0.2) is 47.6 Å². The van der Waals surface area contributed by atoms with Gasteiger partial charge in [0, 0.05) is 35.0 Å². The summed E-state index contributed by atoms with van der Waals surface area (Å²) in [5.41, 5.74) is 7.30. The van der Waals surface area contributed by atoms with Crippen LogP contribution in [0.2, 0.25) is 0 Å². The molecule has 1 unspecified atom stereocenters. The average Bonchev–Trinajstić information content (AvgIpc) is 2.86. The van der Waals surface area contributed by atoms with E-state index in [-0.39, 0.29) is 6.04 Å². The van der Waals surface area contributed by atoms with Crippen LogP contribution in [0.3, 0.4) is 0 Å². The number of aromatic nitrogens is 2. The van der Waals surface area contributed by atoms with Crippen LogP contribution in [0, 0.1) is 0 Å². The lowest BCUT2D eigenvalue weighted by molar-refractivity contribution is 0.601. The minimum atomic E-state index is 0.0424. The second-order valence-corrected chi connectivity index (χ2v) is 5.36. The van der Waals surface area contributed by atoms with Crippen LogP contribution in [0.1, 0.15) is 24.9 Å². The maximum Gasteiger partial charge on any atom is 0.0537 e. The van der Waals surface area contributed by atoms with E-state index in [1.54, 1.807) is 11.8 Å². The predicted molar refractivity (Wildman–Crippen MR) is 76.6 cm³/mol. The summed E-state index contributed by atoms with van der Waals surface area (Å²) in [6.45, 7) is 3.10. The number of hydrogen-bond donors (Lipinski definition) is 1. The van der Waals surface area contributed by atoms with E-state index in [2.05, 4.69) is 30.4 Å². The zero-order valence-corrected chi connectivity index (χ0v) is 11.4. The van der Waals surface area contributed by atoms with Crippen LogP contribution in [-0.2, 0) is 6.54 Å². The van der Waals surface area contributed by atoms with Crippen molar-refractivity contribution in [3.63, 3.8) is 0 Å². The summed E-state index contributed by atoms with van der Waals surface area (Å²) in [4.78, 5) is 1.26. The van der Waals surface area contributed by atoms with Gasteiger partial charge in [0.05, 0.1) is 6.20 Å². The number of rotatable bonds is 6. The fourth-order valence-corrected chi connectivity index (χ4v) is 2.64. The highest BCUT2D eigenvalue weighted by Gasteiger charge is 2.09. The van der Waals surface area contributed by atoms with Crippen molar-refractivity contribution in [2.75, 3.05) is 5.75 Å². The van der Waals surface area contributed by atoms with Crippen molar-refractivity contribution < 1.29 is 0 Å². The lowest BCUT2D eigenvalue weighted by Crippen LogP contribution is -2.12. The zero-order valence-electron chi connectivity index (χ0n) is 10.6. The zero-order chi connectivity index (χ0) is 12.8. The van der Waals surface area contributed by atoms with Crippen molar-refractivity contribution in [1.82, 2.24) is 9.78 Å². The third-order valence-electron chi connectivity index (χ3n) is 2.71. The van der Waals surface area contributed by atoms with E-state index in [9.17, 15) is 0 Å². The van der Waals surface area contributed by atoms with E-state index in [4.69, 9.17) is 5.73 Å². The topological polar surface area (TPSA) is 43.8 Å². The molecule has 4 heteroatoms. The molecule has 1 atom stereocenters. The summed E-state index contributed by atoms with van der Waals surface area (Å²) in [6.07, 6.45) is 5.03. The molecule has 96 valence electrons. The molecule has 2 rings (SSSR count). The Labute approximate surface area is 112 Å². The Balaban J connectivity index is 1.89. The van der Waals surface area contributed by atoms with Gasteiger partial charge in [-0.15, -0.1) is 11.8 Å². The van der Waals surface area contributed by atoms with E-state index in [1.165, 1.54) is 4.90 Å². The smallest absolute Gasteiger partial charge is 0.0537 e. The highest BCUT2D eigenvalue weighted by atomic mass is 32.2. The molecule has 0 aliphatic rings. The number of benzene rings is 1.